The van der Waals surface area contributed by atoms with E-state index in [0.29, 0.717) is 0 Å². The molecule has 1 aliphatic heterocycles. The maximum absolute atomic E-state index is 4.01. The summed E-state index contributed by atoms with van der Waals surface area (Å²) in [6, 6.07) is 0. The van der Waals surface area contributed by atoms with Gasteiger partial charge >= 0.3 is 0 Å². The number of fused-ring (bicyclic) bond motifs is 1. The number of nitrogens with one attached hydrogen (secondary N) is 1. The summed E-state index contributed by atoms with van der Waals surface area (Å²) < 4.78 is 2.15. The van der Waals surface area contributed by atoms with Crippen LogP contribution in [0.25, 0.3) is 0 Å². The highest BCUT2D eigenvalue weighted by Crippen LogP contribution is 2.03. The van der Waals surface area contributed by atoms with E-state index in [4.69, 9.17) is 0 Å². The highest BCUT2D eigenvalue weighted by atomic mass is 15.3. The fourth-order valence-electron chi connectivity index (χ4n) is 1.24. The van der Waals surface area contributed by atoms with Gasteiger partial charge in [-0.2, -0.15) is 0 Å². The maximum atomic E-state index is 4.01. The van der Waals surface area contributed by atoms with E-state index in [1.54, 1.807) is 0 Å². The molecule has 0 spiro atoms. The number of nitrogens with zero attached hydrogens (tertiary/aromatic N) is 3. The molecule has 2 rings (SSSR count). The average Bonchev–Trinajstić information content (AvgIpc) is 2.50. The largest absolute Gasteiger partial charge is 0.313 e. The van der Waals surface area contributed by atoms with Crippen molar-refractivity contribution in [2.75, 3.05) is 6.54 Å². The van der Waals surface area contributed by atoms with Crippen molar-refractivity contribution in [1.82, 2.24) is 20.1 Å². The zero-order chi connectivity index (χ0) is 9.68. The third-order valence-electron chi connectivity index (χ3n) is 1.81. The molecule has 1 N–H and O–H groups in total. The SMILES string of the molecule is CCC.Cc1nnc2n1CCNC2. The van der Waals surface area contributed by atoms with Gasteiger partial charge in [-0.1, -0.05) is 20.3 Å². The van der Waals surface area contributed by atoms with E-state index in [-0.39, 0.29) is 0 Å². The molecule has 4 heteroatoms. The van der Waals surface area contributed by atoms with E-state index in [1.165, 1.54) is 6.42 Å². The smallest absolute Gasteiger partial charge is 0.147 e. The van der Waals surface area contributed by atoms with Crippen LogP contribution in [0.15, 0.2) is 0 Å². The van der Waals surface area contributed by atoms with E-state index < -0.39 is 0 Å². The van der Waals surface area contributed by atoms with Crippen molar-refractivity contribution in [2.24, 2.45) is 0 Å². The van der Waals surface area contributed by atoms with Gasteiger partial charge in [-0.3, -0.25) is 0 Å². The van der Waals surface area contributed by atoms with Crippen LogP contribution in [0.2, 0.25) is 0 Å². The van der Waals surface area contributed by atoms with Gasteiger partial charge < -0.3 is 9.88 Å². The number of hydrogen-bond acceptors (Lipinski definition) is 3. The zero-order valence-corrected chi connectivity index (χ0v) is 8.67. The molecular formula is C9H18N4. The molecule has 0 unspecified atom stereocenters. The molecule has 1 aromatic rings. The fourth-order valence-corrected chi connectivity index (χ4v) is 1.24. The van der Waals surface area contributed by atoms with Gasteiger partial charge in [-0.15, -0.1) is 10.2 Å². The van der Waals surface area contributed by atoms with Gasteiger partial charge in [0.05, 0.1) is 6.54 Å². The summed E-state index contributed by atoms with van der Waals surface area (Å²) in [5, 5.41) is 11.2. The molecule has 0 fully saturated rings. The maximum Gasteiger partial charge on any atom is 0.147 e. The Kier molecular flexibility index (Phi) is 3.89. The van der Waals surface area contributed by atoms with Crippen LogP contribution in [0.3, 0.4) is 0 Å². The molecule has 2 heterocycles. The lowest BCUT2D eigenvalue weighted by Gasteiger charge is -2.14. The van der Waals surface area contributed by atoms with Crippen LogP contribution in [-0.4, -0.2) is 21.3 Å². The van der Waals surface area contributed by atoms with Gasteiger partial charge in [-0.25, -0.2) is 0 Å². The van der Waals surface area contributed by atoms with Crippen LogP contribution in [0.1, 0.15) is 31.9 Å². The van der Waals surface area contributed by atoms with Crippen LogP contribution in [0, 0.1) is 6.92 Å². The second-order valence-corrected chi connectivity index (χ2v) is 3.20. The Labute approximate surface area is 79.4 Å². The van der Waals surface area contributed by atoms with Gasteiger partial charge in [0.25, 0.3) is 0 Å². The molecule has 13 heavy (non-hydrogen) atoms. The minimum atomic E-state index is 0.862. The first-order chi connectivity index (χ1) is 6.29. The summed E-state index contributed by atoms with van der Waals surface area (Å²) in [4.78, 5) is 0. The molecule has 1 aromatic heterocycles. The number of aromatic nitrogens is 3. The van der Waals surface area contributed by atoms with Crippen molar-refractivity contribution >= 4 is 0 Å². The Hall–Kier alpha value is -0.900. The van der Waals surface area contributed by atoms with E-state index in [2.05, 4.69) is 33.9 Å². The lowest BCUT2D eigenvalue weighted by molar-refractivity contribution is 0.499. The molecule has 0 atom stereocenters. The summed E-state index contributed by atoms with van der Waals surface area (Å²) in [5.41, 5.74) is 0. The Bertz CT molecular complexity index is 254. The van der Waals surface area contributed by atoms with Crippen molar-refractivity contribution in [3.63, 3.8) is 0 Å². The molecule has 0 saturated heterocycles. The van der Waals surface area contributed by atoms with Gasteiger partial charge in [0.1, 0.15) is 11.6 Å². The molecule has 4 nitrogen and oxygen atoms in total. The fraction of sp³-hybridized carbons (Fsp3) is 0.778. The number of rotatable bonds is 0. The Balaban J connectivity index is 0.000000251. The molecule has 74 valence electrons. The molecule has 0 aliphatic carbocycles. The standard InChI is InChI=1S/C6H10N4.C3H8/c1-5-8-9-6-4-7-2-3-10(5)6;1-3-2/h7H,2-4H2,1H3;3H2,1-2H3. The summed E-state index contributed by atoms with van der Waals surface area (Å²) in [7, 11) is 0. The minimum absolute atomic E-state index is 0.862. The van der Waals surface area contributed by atoms with Crippen LogP contribution >= 0.6 is 0 Å². The van der Waals surface area contributed by atoms with E-state index >= 15 is 0 Å². The van der Waals surface area contributed by atoms with Crippen molar-refractivity contribution < 1.29 is 0 Å². The molecule has 1 aliphatic rings. The van der Waals surface area contributed by atoms with Crippen LogP contribution in [0.5, 0.6) is 0 Å². The first-order valence-corrected chi connectivity index (χ1v) is 4.89. The minimum Gasteiger partial charge on any atom is -0.313 e. The monoisotopic (exact) mass is 182 g/mol. The summed E-state index contributed by atoms with van der Waals surface area (Å²) in [6.07, 6.45) is 1.25. The zero-order valence-electron chi connectivity index (χ0n) is 8.67. The van der Waals surface area contributed by atoms with Crippen molar-refractivity contribution in [3.8, 4) is 0 Å². The van der Waals surface area contributed by atoms with Crippen LogP contribution in [0.4, 0.5) is 0 Å². The first-order valence-electron chi connectivity index (χ1n) is 4.89. The van der Waals surface area contributed by atoms with Crippen molar-refractivity contribution in [2.45, 2.75) is 40.3 Å². The number of hydrogen-bond donors (Lipinski definition) is 1. The summed E-state index contributed by atoms with van der Waals surface area (Å²) >= 11 is 0. The molecule has 0 radical (unpaired) electrons. The topological polar surface area (TPSA) is 42.7 Å². The first kappa shape index (κ1) is 10.2. The van der Waals surface area contributed by atoms with Crippen LogP contribution in [-0.2, 0) is 13.1 Å². The Morgan fingerprint density at radius 2 is 2.08 bits per heavy atom. The molecular weight excluding hydrogens is 164 g/mol. The lowest BCUT2D eigenvalue weighted by Crippen LogP contribution is -2.28. The van der Waals surface area contributed by atoms with Gasteiger partial charge in [0.2, 0.25) is 0 Å². The Morgan fingerprint density at radius 1 is 1.38 bits per heavy atom. The highest BCUT2D eigenvalue weighted by molar-refractivity contribution is 4.95. The molecule has 0 amide bonds. The van der Waals surface area contributed by atoms with Crippen LogP contribution < -0.4 is 5.32 Å². The second kappa shape index (κ2) is 4.97. The predicted molar refractivity (Wildman–Crippen MR) is 52.4 cm³/mol. The predicted octanol–water partition coefficient (Wildman–Crippen LogP) is 1.11. The normalized spacial score (nSPS) is 14.4. The highest BCUT2D eigenvalue weighted by Gasteiger charge is 2.11. The van der Waals surface area contributed by atoms with E-state index in [0.717, 1.165) is 31.3 Å². The quantitative estimate of drug-likeness (QED) is 0.653. The molecule has 0 bridgehead atoms. The molecule has 0 aromatic carbocycles. The van der Waals surface area contributed by atoms with Crippen molar-refractivity contribution in [1.29, 1.82) is 0 Å². The van der Waals surface area contributed by atoms with Gasteiger partial charge in [0.15, 0.2) is 0 Å². The van der Waals surface area contributed by atoms with Crippen molar-refractivity contribution in [3.05, 3.63) is 11.6 Å². The average molecular weight is 182 g/mol. The third-order valence-corrected chi connectivity index (χ3v) is 1.81. The lowest BCUT2D eigenvalue weighted by atomic mass is 10.4. The summed E-state index contributed by atoms with van der Waals surface area (Å²) in [6.45, 7) is 9.14. The van der Waals surface area contributed by atoms with Gasteiger partial charge in [-0.05, 0) is 6.92 Å². The molecule has 0 saturated carbocycles. The van der Waals surface area contributed by atoms with Gasteiger partial charge in [0, 0.05) is 13.1 Å². The second-order valence-electron chi connectivity index (χ2n) is 3.20. The third kappa shape index (κ3) is 2.52. The number of aryl methyl sites for hydroxylation is 1. The van der Waals surface area contributed by atoms with E-state index in [9.17, 15) is 0 Å². The van der Waals surface area contributed by atoms with E-state index in [1.807, 2.05) is 6.92 Å². The summed E-state index contributed by atoms with van der Waals surface area (Å²) in [5.74, 6) is 2.08. The Morgan fingerprint density at radius 3 is 2.69 bits per heavy atom.